The highest BCUT2D eigenvalue weighted by molar-refractivity contribution is 9.10. The molecule has 0 saturated heterocycles. The van der Waals surface area contributed by atoms with Crippen molar-refractivity contribution in [3.05, 3.63) is 69.3 Å². The van der Waals surface area contributed by atoms with E-state index in [2.05, 4.69) is 43.3 Å². The van der Waals surface area contributed by atoms with Gasteiger partial charge in [-0.2, -0.15) is 0 Å². The highest BCUT2D eigenvalue weighted by Gasteiger charge is 2.08. The molecule has 1 aromatic heterocycles. The molecule has 2 N–H and O–H groups in total. The van der Waals surface area contributed by atoms with Gasteiger partial charge in [0, 0.05) is 22.9 Å². The minimum Gasteiger partial charge on any atom is -0.465 e. The molecule has 0 saturated carbocycles. The first-order chi connectivity index (χ1) is 12.6. The first-order valence-corrected chi connectivity index (χ1v) is 9.81. The molecule has 1 heterocycles. The highest BCUT2D eigenvalue weighted by atomic mass is 79.9. The Bertz CT molecular complexity index is 933. The zero-order chi connectivity index (χ0) is 18.4. The molecule has 3 aromatic rings. The van der Waals surface area contributed by atoms with Gasteiger partial charge in [0.25, 0.3) is 0 Å². The number of carboxylic acid groups (broad SMARTS) is 1. The third kappa shape index (κ3) is 4.83. The van der Waals surface area contributed by atoms with Gasteiger partial charge in [-0.3, -0.25) is 0 Å². The fourth-order valence-electron chi connectivity index (χ4n) is 2.53. The molecule has 0 atom stereocenters. The van der Waals surface area contributed by atoms with Crippen LogP contribution < -0.4 is 10.1 Å². The Morgan fingerprint density at radius 2 is 1.88 bits per heavy atom. The number of carbonyl (C=O) groups is 1. The van der Waals surface area contributed by atoms with Gasteiger partial charge in [0.2, 0.25) is 0 Å². The van der Waals surface area contributed by atoms with Gasteiger partial charge in [-0.1, -0.05) is 46.3 Å². The Labute approximate surface area is 163 Å². The monoisotopic (exact) mass is 431 g/mol. The summed E-state index contributed by atoms with van der Waals surface area (Å²) < 4.78 is 3.17. The van der Waals surface area contributed by atoms with E-state index in [1.54, 1.807) is 11.3 Å². The van der Waals surface area contributed by atoms with E-state index in [4.69, 9.17) is 10.1 Å². The molecule has 7 heteroatoms. The molecule has 0 radical (unpaired) electrons. The average Bonchev–Trinajstić information content (AvgIpc) is 3.02. The quantitative estimate of drug-likeness (QED) is 0.546. The maximum absolute atomic E-state index is 10.7. The summed E-state index contributed by atoms with van der Waals surface area (Å²) in [4.78, 5) is 16.3. The lowest BCUT2D eigenvalue weighted by Crippen LogP contribution is -2.24. The van der Waals surface area contributed by atoms with Crippen molar-refractivity contribution in [1.82, 2.24) is 9.88 Å². The van der Waals surface area contributed by atoms with Gasteiger partial charge < -0.3 is 15.0 Å². The lowest BCUT2D eigenvalue weighted by Gasteiger charge is -2.09. The van der Waals surface area contributed by atoms with Gasteiger partial charge in [-0.15, -0.1) is 11.3 Å². The average molecular weight is 432 g/mol. The van der Waals surface area contributed by atoms with E-state index >= 15 is 0 Å². The van der Waals surface area contributed by atoms with E-state index in [0.717, 1.165) is 26.2 Å². The minimum atomic E-state index is -0.998. The smallest absolute Gasteiger partial charge is 0.404 e. The second-order valence-electron chi connectivity index (χ2n) is 5.59. The molecule has 0 spiro atoms. The molecule has 3 rings (SSSR count). The number of rotatable bonds is 6. The van der Waals surface area contributed by atoms with Crippen molar-refractivity contribution in [1.29, 1.82) is 0 Å². The van der Waals surface area contributed by atoms with Crippen molar-refractivity contribution < 1.29 is 9.90 Å². The van der Waals surface area contributed by atoms with Crippen LogP contribution in [-0.4, -0.2) is 22.3 Å². The SMILES string of the molecule is O=C(O)NCCCn1c(-c2ccc(Br)cc2)csc1=Nc1ccccc1. The van der Waals surface area contributed by atoms with Gasteiger partial charge in [0.05, 0.1) is 11.4 Å². The summed E-state index contributed by atoms with van der Waals surface area (Å²) in [7, 11) is 0. The highest BCUT2D eigenvalue weighted by Crippen LogP contribution is 2.23. The molecular weight excluding hydrogens is 414 g/mol. The topological polar surface area (TPSA) is 66.6 Å². The summed E-state index contributed by atoms with van der Waals surface area (Å²) in [6.45, 7) is 1.09. The number of hydrogen-bond donors (Lipinski definition) is 2. The minimum absolute atomic E-state index is 0.405. The number of halogens is 1. The van der Waals surface area contributed by atoms with Crippen LogP contribution in [0.5, 0.6) is 0 Å². The lowest BCUT2D eigenvalue weighted by molar-refractivity contribution is 0.194. The number of benzene rings is 2. The molecular formula is C19H18BrN3O2S. The van der Waals surface area contributed by atoms with Crippen LogP contribution in [-0.2, 0) is 6.54 Å². The second-order valence-corrected chi connectivity index (χ2v) is 7.35. The largest absolute Gasteiger partial charge is 0.465 e. The van der Waals surface area contributed by atoms with Gasteiger partial charge >= 0.3 is 6.09 Å². The summed E-state index contributed by atoms with van der Waals surface area (Å²) in [5, 5.41) is 13.2. The lowest BCUT2D eigenvalue weighted by atomic mass is 10.2. The molecule has 0 aliphatic rings. The third-order valence-electron chi connectivity index (χ3n) is 3.75. The maximum Gasteiger partial charge on any atom is 0.404 e. The predicted molar refractivity (Wildman–Crippen MR) is 108 cm³/mol. The van der Waals surface area contributed by atoms with Crippen LogP contribution in [0.15, 0.2) is 69.4 Å². The Hall–Kier alpha value is -2.38. The zero-order valence-electron chi connectivity index (χ0n) is 13.9. The molecule has 26 heavy (non-hydrogen) atoms. The molecule has 0 bridgehead atoms. The Morgan fingerprint density at radius 3 is 2.58 bits per heavy atom. The summed E-state index contributed by atoms with van der Waals surface area (Å²) in [6.07, 6.45) is -0.309. The van der Waals surface area contributed by atoms with Crippen LogP contribution in [0.2, 0.25) is 0 Å². The van der Waals surface area contributed by atoms with Crippen molar-refractivity contribution in [2.24, 2.45) is 4.99 Å². The van der Waals surface area contributed by atoms with E-state index in [1.807, 2.05) is 42.5 Å². The van der Waals surface area contributed by atoms with Crippen LogP contribution in [0.25, 0.3) is 11.3 Å². The van der Waals surface area contributed by atoms with Crippen LogP contribution in [0.4, 0.5) is 10.5 Å². The molecule has 1 amide bonds. The number of thiazole rings is 1. The van der Waals surface area contributed by atoms with Crippen molar-refractivity contribution in [3.63, 3.8) is 0 Å². The molecule has 0 aliphatic carbocycles. The van der Waals surface area contributed by atoms with Crippen LogP contribution in [0.1, 0.15) is 6.42 Å². The second kappa shape index (κ2) is 8.82. The standard InChI is InChI=1S/C19H18BrN3O2S/c20-15-9-7-14(8-10-15)17-13-26-18(22-16-5-2-1-3-6-16)23(17)12-4-11-21-19(24)25/h1-3,5-10,13,21H,4,11-12H2,(H,24,25). The fraction of sp³-hybridized carbons (Fsp3) is 0.158. The Balaban J connectivity index is 1.95. The summed E-state index contributed by atoms with van der Waals surface area (Å²) in [5.41, 5.74) is 3.08. The van der Waals surface area contributed by atoms with Gasteiger partial charge in [0.15, 0.2) is 4.80 Å². The third-order valence-corrected chi connectivity index (χ3v) is 5.15. The summed E-state index contributed by atoms with van der Waals surface area (Å²) in [5.74, 6) is 0. The van der Waals surface area contributed by atoms with E-state index < -0.39 is 6.09 Å². The molecule has 0 unspecified atom stereocenters. The number of para-hydroxylation sites is 1. The maximum atomic E-state index is 10.7. The van der Waals surface area contributed by atoms with E-state index in [0.29, 0.717) is 19.5 Å². The molecule has 2 aromatic carbocycles. The Morgan fingerprint density at radius 1 is 1.15 bits per heavy atom. The summed E-state index contributed by atoms with van der Waals surface area (Å²) >= 11 is 5.05. The Kier molecular flexibility index (Phi) is 6.25. The van der Waals surface area contributed by atoms with Crippen LogP contribution in [0.3, 0.4) is 0 Å². The zero-order valence-corrected chi connectivity index (χ0v) is 16.3. The van der Waals surface area contributed by atoms with Gasteiger partial charge in [0.1, 0.15) is 0 Å². The molecule has 0 aliphatic heterocycles. The number of amides is 1. The predicted octanol–water partition coefficient (Wildman–Crippen LogP) is 4.87. The number of nitrogens with one attached hydrogen (secondary N) is 1. The van der Waals surface area contributed by atoms with Crippen LogP contribution >= 0.6 is 27.3 Å². The van der Waals surface area contributed by atoms with E-state index in [-0.39, 0.29) is 0 Å². The fourth-order valence-corrected chi connectivity index (χ4v) is 3.75. The number of nitrogens with zero attached hydrogens (tertiary/aromatic N) is 2. The van der Waals surface area contributed by atoms with Crippen molar-refractivity contribution in [3.8, 4) is 11.3 Å². The molecule has 0 fully saturated rings. The van der Waals surface area contributed by atoms with Gasteiger partial charge in [-0.25, -0.2) is 9.79 Å². The van der Waals surface area contributed by atoms with Crippen LogP contribution in [0, 0.1) is 0 Å². The number of hydrogen-bond acceptors (Lipinski definition) is 3. The van der Waals surface area contributed by atoms with Gasteiger partial charge in [-0.05, 0) is 36.2 Å². The first kappa shape index (κ1) is 18.4. The van der Waals surface area contributed by atoms with E-state index in [1.165, 1.54) is 0 Å². The van der Waals surface area contributed by atoms with Crippen molar-refractivity contribution in [2.75, 3.05) is 6.54 Å². The normalized spacial score (nSPS) is 11.5. The van der Waals surface area contributed by atoms with Crippen molar-refractivity contribution >= 4 is 39.0 Å². The van der Waals surface area contributed by atoms with E-state index in [9.17, 15) is 4.79 Å². The molecule has 134 valence electrons. The number of aromatic nitrogens is 1. The summed E-state index contributed by atoms with van der Waals surface area (Å²) in [6, 6.07) is 18.0. The first-order valence-electron chi connectivity index (χ1n) is 8.14. The van der Waals surface area contributed by atoms with Crippen molar-refractivity contribution in [2.45, 2.75) is 13.0 Å². The molecule has 5 nitrogen and oxygen atoms in total.